The zero-order valence-corrected chi connectivity index (χ0v) is 61.3. The molecule has 0 aromatic carbocycles. The lowest BCUT2D eigenvalue weighted by atomic mass is 9.44. The lowest BCUT2D eigenvalue weighted by Gasteiger charge is -2.62. The van der Waals surface area contributed by atoms with Gasteiger partial charge in [0.25, 0.3) is 0 Å². The van der Waals surface area contributed by atoms with E-state index in [-0.39, 0.29) is 59.0 Å². The van der Waals surface area contributed by atoms with E-state index in [1.807, 2.05) is 6.92 Å². The molecule has 534 valence electrons. The van der Waals surface area contributed by atoms with Crippen molar-refractivity contribution in [1.29, 1.82) is 0 Å². The minimum Gasteiger partial charge on any atom is -0.466 e. The molecule has 16 heteroatoms. The molecular weight excluding hydrogens is 1180 g/mol. The van der Waals surface area contributed by atoms with E-state index >= 15 is 0 Å². The van der Waals surface area contributed by atoms with Crippen molar-refractivity contribution >= 4 is 47.8 Å². The first-order valence-electron chi connectivity index (χ1n) is 36.9. The van der Waals surface area contributed by atoms with Gasteiger partial charge in [0.2, 0.25) is 0 Å². The Morgan fingerprint density at radius 3 is 1.05 bits per heavy atom. The molecule has 0 spiro atoms. The Hall–Kier alpha value is -4.24. The summed E-state index contributed by atoms with van der Waals surface area (Å²) in [5.41, 5.74) is 2.23. The van der Waals surface area contributed by atoms with E-state index in [1.54, 1.807) is 20.8 Å². The van der Waals surface area contributed by atoms with Gasteiger partial charge in [-0.05, 0) is 249 Å². The van der Waals surface area contributed by atoms with Gasteiger partial charge in [0.05, 0.1) is 39.6 Å². The third-order valence-electron chi connectivity index (χ3n) is 23.1. The SMILES string of the molecule is CC(=O)OC12CC3CC(C1)C(C)C(C3)C2.CC(=O)OC12CC3CC(CC(C)(C3)C1)C2.CC(=O)OCC12CC3CC(CC(C)(C3)C1)C2.CCC12CC3CC(C1)CC(COC(C)=O)(C3)C2.CCCCCOC(C)=O.CCCCOC(C)=O.CCCOC(C)=O.CCOC(C)=O. The molecular formula is C77H130O16. The third kappa shape index (κ3) is 25.3. The van der Waals surface area contributed by atoms with Crippen LogP contribution in [0.2, 0.25) is 0 Å². The Kier molecular flexibility index (Phi) is 30.6. The highest BCUT2D eigenvalue weighted by Crippen LogP contribution is 2.68. The van der Waals surface area contributed by atoms with E-state index in [4.69, 9.17) is 23.7 Å². The Morgan fingerprint density at radius 2 is 0.699 bits per heavy atom. The summed E-state index contributed by atoms with van der Waals surface area (Å²) in [5.74, 6) is 7.57. The van der Waals surface area contributed by atoms with Crippen LogP contribution in [-0.2, 0) is 76.3 Å². The summed E-state index contributed by atoms with van der Waals surface area (Å²) in [6.07, 6.45) is 37.8. The average molecular weight is 1310 g/mol. The number of rotatable bonds is 17. The van der Waals surface area contributed by atoms with Crippen LogP contribution in [0, 0.1) is 86.3 Å². The summed E-state index contributed by atoms with van der Waals surface area (Å²) in [5, 5.41) is 0. The number of carbonyl (C=O) groups is 8. The normalized spacial score (nSPS) is 36.6. The molecule has 16 saturated carbocycles. The van der Waals surface area contributed by atoms with Crippen molar-refractivity contribution < 1.29 is 76.3 Å². The average Bonchev–Trinajstić information content (AvgIpc) is 0.768. The Labute approximate surface area is 562 Å². The predicted octanol–water partition coefficient (Wildman–Crippen LogP) is 17.0. The van der Waals surface area contributed by atoms with Gasteiger partial charge in [-0.3, -0.25) is 38.4 Å². The number of hydrogen-bond donors (Lipinski definition) is 0. The maximum absolute atomic E-state index is 11.2. The summed E-state index contributed by atoms with van der Waals surface area (Å²) >= 11 is 0. The lowest BCUT2D eigenvalue weighted by Crippen LogP contribution is -2.56. The first-order valence-corrected chi connectivity index (χ1v) is 36.9. The molecule has 0 aromatic rings. The molecule has 8 unspecified atom stereocenters. The van der Waals surface area contributed by atoms with Crippen LogP contribution < -0.4 is 0 Å². The van der Waals surface area contributed by atoms with E-state index in [9.17, 15) is 38.4 Å². The lowest BCUT2D eigenvalue weighted by molar-refractivity contribution is -0.197. The molecule has 0 aliphatic heterocycles. The smallest absolute Gasteiger partial charge is 0.303 e. The van der Waals surface area contributed by atoms with Crippen molar-refractivity contribution in [3.63, 3.8) is 0 Å². The molecule has 0 heterocycles. The highest BCUT2D eigenvalue weighted by molar-refractivity contribution is 5.68. The molecule has 16 rings (SSSR count). The maximum atomic E-state index is 11.2. The Balaban J connectivity index is 0.000000198. The van der Waals surface area contributed by atoms with Crippen molar-refractivity contribution in [2.75, 3.05) is 39.6 Å². The van der Waals surface area contributed by atoms with Crippen molar-refractivity contribution in [1.82, 2.24) is 0 Å². The molecule has 16 bridgehead atoms. The first kappa shape index (κ1) is 79.4. The first-order chi connectivity index (χ1) is 43.7. The Bertz CT molecular complexity index is 2370. The number of hydrogen-bond acceptors (Lipinski definition) is 16. The predicted molar refractivity (Wildman–Crippen MR) is 360 cm³/mol. The molecule has 93 heavy (non-hydrogen) atoms. The fourth-order valence-electron chi connectivity index (χ4n) is 21.9. The quantitative estimate of drug-likeness (QED) is 0.0753. The Morgan fingerprint density at radius 1 is 0.333 bits per heavy atom. The molecule has 16 aliphatic carbocycles. The van der Waals surface area contributed by atoms with Crippen molar-refractivity contribution in [2.24, 2.45) is 86.3 Å². The van der Waals surface area contributed by atoms with E-state index < -0.39 is 0 Å². The van der Waals surface area contributed by atoms with Crippen LogP contribution in [0.4, 0.5) is 0 Å². The summed E-state index contributed by atoms with van der Waals surface area (Å²) in [6, 6.07) is 0. The largest absolute Gasteiger partial charge is 0.466 e. The highest BCUT2D eigenvalue weighted by Gasteiger charge is 2.60. The van der Waals surface area contributed by atoms with Crippen LogP contribution in [0.25, 0.3) is 0 Å². The molecule has 8 atom stereocenters. The molecule has 0 N–H and O–H groups in total. The van der Waals surface area contributed by atoms with Gasteiger partial charge in [0, 0.05) is 66.2 Å². The highest BCUT2D eigenvalue weighted by atomic mass is 16.6. The van der Waals surface area contributed by atoms with Crippen molar-refractivity contribution in [3.8, 4) is 0 Å². The van der Waals surface area contributed by atoms with Gasteiger partial charge >= 0.3 is 47.8 Å². The molecule has 0 aromatic heterocycles. The second kappa shape index (κ2) is 35.8. The van der Waals surface area contributed by atoms with Crippen LogP contribution in [0.5, 0.6) is 0 Å². The summed E-state index contributed by atoms with van der Waals surface area (Å²) < 4.78 is 40.3. The summed E-state index contributed by atoms with van der Waals surface area (Å²) in [4.78, 5) is 84.5. The second-order valence-corrected chi connectivity index (χ2v) is 32.8. The van der Waals surface area contributed by atoms with Gasteiger partial charge in [-0.15, -0.1) is 0 Å². The minimum absolute atomic E-state index is 0.0468. The molecule has 16 aliphatic rings. The maximum Gasteiger partial charge on any atom is 0.303 e. The molecule has 0 amide bonds. The fraction of sp³-hybridized carbons (Fsp3) is 0.896. The van der Waals surface area contributed by atoms with E-state index in [1.165, 1.54) is 164 Å². The van der Waals surface area contributed by atoms with E-state index in [0.29, 0.717) is 66.7 Å². The molecule has 0 radical (unpaired) electrons. The monoisotopic (exact) mass is 1310 g/mol. The van der Waals surface area contributed by atoms with E-state index in [2.05, 4.69) is 55.8 Å². The van der Waals surface area contributed by atoms with Crippen LogP contribution in [-0.4, -0.2) is 98.6 Å². The number of carbonyl (C=O) groups excluding carboxylic acids is 8. The summed E-state index contributed by atoms with van der Waals surface area (Å²) in [7, 11) is 0. The van der Waals surface area contributed by atoms with Gasteiger partial charge in [0.15, 0.2) is 0 Å². The number of ether oxygens (including phenoxy) is 8. The van der Waals surface area contributed by atoms with Crippen LogP contribution in [0.1, 0.15) is 303 Å². The van der Waals surface area contributed by atoms with Gasteiger partial charge in [0.1, 0.15) is 11.2 Å². The van der Waals surface area contributed by atoms with E-state index in [0.717, 1.165) is 130 Å². The van der Waals surface area contributed by atoms with Crippen LogP contribution in [0.3, 0.4) is 0 Å². The van der Waals surface area contributed by atoms with Crippen molar-refractivity contribution in [2.45, 2.75) is 315 Å². The number of unbranched alkanes of at least 4 members (excludes halogenated alkanes) is 3. The van der Waals surface area contributed by atoms with Gasteiger partial charge in [-0.2, -0.15) is 0 Å². The van der Waals surface area contributed by atoms with Crippen molar-refractivity contribution in [3.05, 3.63) is 0 Å². The second-order valence-electron chi connectivity index (χ2n) is 32.8. The molecule has 16 nitrogen and oxygen atoms in total. The topological polar surface area (TPSA) is 210 Å². The number of esters is 8. The van der Waals surface area contributed by atoms with Gasteiger partial charge in [-0.25, -0.2) is 0 Å². The molecule has 0 saturated heterocycles. The van der Waals surface area contributed by atoms with Crippen LogP contribution in [0.15, 0.2) is 0 Å². The minimum atomic E-state index is -0.211. The standard InChI is InChI=1S/C15H24O2.C14H22O2.2C13H20O2.C7H14O2.C6H12O2.C5H10O2.C4H8O2/c1-3-14-5-12-4-13(6-14)8-15(7-12,9-14)10-17-11(2)16;1-10(15)16-9-14-6-11-3-12(7-14)5-13(2,4-11)8-14;1-9(14)15-13-6-10-3-11(7-13)5-12(2,4-10)8-13;1-8-11-3-10-4-12(8)7-13(5-10,6-11)15-9(2)14;1-3-4-5-6-9-7(2)8;1-3-4-5-8-6(2)7;1-3-4-7-5(2)6;1-3-6-4(2)5/h12-13H,3-10H2,1-2H3;11-12H,3-9H2,1-2H3;10-11H,3-8H2,1-2H3;8,10-12H,3-7H2,1-2H3;3-6H2,1-2H3;3-5H2,1-2H3;3-4H2,1-2H3;3H2,1-2H3. The fourth-order valence-corrected chi connectivity index (χ4v) is 21.9. The van der Waals surface area contributed by atoms with Gasteiger partial charge < -0.3 is 37.9 Å². The van der Waals surface area contributed by atoms with Gasteiger partial charge in [-0.1, -0.05) is 74.1 Å². The zero-order valence-electron chi connectivity index (χ0n) is 61.3. The molecule has 16 fully saturated rings. The summed E-state index contributed by atoms with van der Waals surface area (Å²) in [6.45, 7) is 32.9. The zero-order chi connectivity index (χ0) is 69.0. The van der Waals surface area contributed by atoms with Crippen LogP contribution >= 0.6 is 0 Å². The third-order valence-corrected chi connectivity index (χ3v) is 23.1.